The van der Waals surface area contributed by atoms with Crippen LogP contribution in [0.3, 0.4) is 0 Å². The first kappa shape index (κ1) is 12.0. The third-order valence-electron chi connectivity index (χ3n) is 3.52. The smallest absolute Gasteiger partial charge is 0.328 e. The molecule has 0 amide bonds. The normalized spacial score (nSPS) is 19.4. The molecular formula is C14H14O5. The number of carboxylic acids is 1. The molecular weight excluding hydrogens is 248 g/mol. The molecule has 0 aromatic heterocycles. The lowest BCUT2D eigenvalue weighted by molar-refractivity contribution is -0.131. The van der Waals surface area contributed by atoms with Gasteiger partial charge in [0.1, 0.15) is 0 Å². The van der Waals surface area contributed by atoms with Crippen molar-refractivity contribution in [2.24, 2.45) is 0 Å². The highest BCUT2D eigenvalue weighted by molar-refractivity contribution is 5.80. The number of hydrogen-bond donors (Lipinski definition) is 1. The zero-order valence-corrected chi connectivity index (χ0v) is 10.5. The number of ether oxygens (including phenoxy) is 3. The molecule has 19 heavy (non-hydrogen) atoms. The molecule has 1 aromatic rings. The summed E-state index contributed by atoms with van der Waals surface area (Å²) in [6.45, 7) is 3.17. The van der Waals surface area contributed by atoms with Crippen LogP contribution in [0, 0.1) is 6.92 Å². The van der Waals surface area contributed by atoms with E-state index < -0.39 is 5.97 Å². The second-order valence-electron chi connectivity index (χ2n) is 4.84. The van der Waals surface area contributed by atoms with Crippen molar-refractivity contribution < 1.29 is 24.1 Å². The van der Waals surface area contributed by atoms with Gasteiger partial charge in [0.05, 0.1) is 18.6 Å². The number of aliphatic carboxylic acids is 1. The summed E-state index contributed by atoms with van der Waals surface area (Å²) in [5.74, 6) is 0.485. The van der Waals surface area contributed by atoms with Crippen LogP contribution in [0.2, 0.25) is 0 Å². The summed E-state index contributed by atoms with van der Waals surface area (Å²) in [7, 11) is 0. The molecule has 2 aliphatic rings. The molecule has 0 spiro atoms. The van der Waals surface area contributed by atoms with Crippen molar-refractivity contribution in [1.82, 2.24) is 0 Å². The SMILES string of the molecule is Cc1cc2c(cc1C1(/C=C/C(=O)O)COC1)OCO2. The van der Waals surface area contributed by atoms with Gasteiger partial charge in [-0.1, -0.05) is 6.08 Å². The molecule has 2 aliphatic heterocycles. The zero-order valence-electron chi connectivity index (χ0n) is 10.5. The zero-order chi connectivity index (χ0) is 13.5. The molecule has 5 nitrogen and oxygen atoms in total. The quantitative estimate of drug-likeness (QED) is 0.839. The van der Waals surface area contributed by atoms with E-state index in [1.165, 1.54) is 6.08 Å². The Balaban J connectivity index is 2.02. The highest BCUT2D eigenvalue weighted by Gasteiger charge is 2.40. The van der Waals surface area contributed by atoms with Gasteiger partial charge in [-0.15, -0.1) is 0 Å². The summed E-state index contributed by atoms with van der Waals surface area (Å²) < 4.78 is 16.0. The van der Waals surface area contributed by atoms with Gasteiger partial charge in [-0.3, -0.25) is 0 Å². The number of fused-ring (bicyclic) bond motifs is 1. The van der Waals surface area contributed by atoms with Crippen LogP contribution in [0.1, 0.15) is 11.1 Å². The van der Waals surface area contributed by atoms with Gasteiger partial charge in [-0.25, -0.2) is 4.79 Å². The number of aryl methyl sites for hydroxylation is 1. The van der Waals surface area contributed by atoms with Gasteiger partial charge in [-0.2, -0.15) is 0 Å². The van der Waals surface area contributed by atoms with E-state index in [-0.39, 0.29) is 12.2 Å². The van der Waals surface area contributed by atoms with Crippen LogP contribution in [0.4, 0.5) is 0 Å². The fraction of sp³-hybridized carbons (Fsp3) is 0.357. The Morgan fingerprint density at radius 1 is 1.32 bits per heavy atom. The lowest BCUT2D eigenvalue weighted by Gasteiger charge is -2.40. The van der Waals surface area contributed by atoms with Crippen molar-refractivity contribution in [3.05, 3.63) is 35.4 Å². The van der Waals surface area contributed by atoms with Crippen LogP contribution in [0.5, 0.6) is 11.5 Å². The molecule has 0 bridgehead atoms. The van der Waals surface area contributed by atoms with E-state index >= 15 is 0 Å². The maximum Gasteiger partial charge on any atom is 0.328 e. The van der Waals surface area contributed by atoms with Crippen molar-refractivity contribution in [2.75, 3.05) is 20.0 Å². The largest absolute Gasteiger partial charge is 0.478 e. The summed E-state index contributed by atoms with van der Waals surface area (Å²) in [6, 6.07) is 3.85. The first-order valence-corrected chi connectivity index (χ1v) is 6.01. The van der Waals surface area contributed by atoms with Crippen molar-refractivity contribution >= 4 is 5.97 Å². The molecule has 1 saturated heterocycles. The Morgan fingerprint density at radius 2 is 2.00 bits per heavy atom. The molecule has 3 rings (SSSR count). The minimum atomic E-state index is -0.954. The van der Waals surface area contributed by atoms with Crippen LogP contribution in [0.25, 0.3) is 0 Å². The van der Waals surface area contributed by atoms with Crippen LogP contribution < -0.4 is 9.47 Å². The van der Waals surface area contributed by atoms with Gasteiger partial charge in [0, 0.05) is 6.08 Å². The predicted octanol–water partition coefficient (Wildman–Crippen LogP) is 1.63. The third-order valence-corrected chi connectivity index (χ3v) is 3.52. The second-order valence-corrected chi connectivity index (χ2v) is 4.84. The molecule has 0 atom stereocenters. The summed E-state index contributed by atoms with van der Waals surface area (Å²) in [5.41, 5.74) is 1.70. The number of carbonyl (C=O) groups is 1. The van der Waals surface area contributed by atoms with E-state index in [1.54, 1.807) is 6.08 Å². The van der Waals surface area contributed by atoms with Gasteiger partial charge in [0.25, 0.3) is 0 Å². The molecule has 2 heterocycles. The minimum absolute atomic E-state index is 0.229. The Morgan fingerprint density at radius 3 is 2.58 bits per heavy atom. The van der Waals surface area contributed by atoms with Crippen LogP contribution in [-0.2, 0) is 14.9 Å². The van der Waals surface area contributed by atoms with Gasteiger partial charge < -0.3 is 19.3 Å². The molecule has 1 aromatic carbocycles. The average molecular weight is 262 g/mol. The molecule has 100 valence electrons. The van der Waals surface area contributed by atoms with Crippen molar-refractivity contribution in [3.63, 3.8) is 0 Å². The van der Waals surface area contributed by atoms with E-state index in [9.17, 15) is 4.79 Å². The summed E-state index contributed by atoms with van der Waals surface area (Å²) >= 11 is 0. The second kappa shape index (κ2) is 4.28. The molecule has 0 aliphatic carbocycles. The van der Waals surface area contributed by atoms with Crippen LogP contribution in [-0.4, -0.2) is 31.1 Å². The number of carboxylic acid groups (broad SMARTS) is 1. The van der Waals surface area contributed by atoms with Gasteiger partial charge in [-0.05, 0) is 30.2 Å². The lowest BCUT2D eigenvalue weighted by Crippen LogP contribution is -2.45. The van der Waals surface area contributed by atoms with Crippen molar-refractivity contribution in [3.8, 4) is 11.5 Å². The maximum atomic E-state index is 10.7. The van der Waals surface area contributed by atoms with E-state index in [2.05, 4.69) is 0 Å². The summed E-state index contributed by atoms with van der Waals surface area (Å²) in [5, 5.41) is 8.80. The fourth-order valence-corrected chi connectivity index (χ4v) is 2.47. The van der Waals surface area contributed by atoms with E-state index in [4.69, 9.17) is 19.3 Å². The van der Waals surface area contributed by atoms with Gasteiger partial charge >= 0.3 is 5.97 Å². The Hall–Kier alpha value is -2.01. The molecule has 5 heteroatoms. The molecule has 1 fully saturated rings. The molecule has 1 N–H and O–H groups in total. The predicted molar refractivity (Wildman–Crippen MR) is 66.6 cm³/mol. The van der Waals surface area contributed by atoms with Crippen LogP contribution in [0.15, 0.2) is 24.3 Å². The Bertz CT molecular complexity index is 557. The summed E-state index contributed by atoms with van der Waals surface area (Å²) in [6.07, 6.45) is 2.87. The Kier molecular flexibility index (Phi) is 2.71. The molecule has 0 radical (unpaired) electrons. The first-order chi connectivity index (χ1) is 9.11. The minimum Gasteiger partial charge on any atom is -0.478 e. The van der Waals surface area contributed by atoms with Gasteiger partial charge in [0.2, 0.25) is 6.79 Å². The number of rotatable bonds is 3. The molecule has 0 saturated carbocycles. The number of hydrogen-bond acceptors (Lipinski definition) is 4. The lowest BCUT2D eigenvalue weighted by atomic mass is 9.76. The highest BCUT2D eigenvalue weighted by atomic mass is 16.7. The molecule has 0 unspecified atom stereocenters. The average Bonchev–Trinajstić information content (AvgIpc) is 2.74. The van der Waals surface area contributed by atoms with Crippen molar-refractivity contribution in [1.29, 1.82) is 0 Å². The monoisotopic (exact) mass is 262 g/mol. The summed E-state index contributed by atoms with van der Waals surface area (Å²) in [4.78, 5) is 10.7. The van der Waals surface area contributed by atoms with Crippen LogP contribution >= 0.6 is 0 Å². The first-order valence-electron chi connectivity index (χ1n) is 6.01. The highest BCUT2D eigenvalue weighted by Crippen LogP contribution is 2.42. The van der Waals surface area contributed by atoms with E-state index in [0.717, 1.165) is 16.9 Å². The van der Waals surface area contributed by atoms with E-state index in [0.29, 0.717) is 19.0 Å². The topological polar surface area (TPSA) is 65.0 Å². The van der Waals surface area contributed by atoms with E-state index in [1.807, 2.05) is 19.1 Å². The van der Waals surface area contributed by atoms with Crippen molar-refractivity contribution in [2.45, 2.75) is 12.3 Å². The maximum absolute atomic E-state index is 10.7. The third kappa shape index (κ3) is 1.96. The van der Waals surface area contributed by atoms with Gasteiger partial charge in [0.15, 0.2) is 11.5 Å². The number of benzene rings is 1. The Labute approximate surface area is 110 Å². The standard InChI is InChI=1S/C14H14O5/c1-9-4-11-12(19-8-18-11)5-10(9)14(6-17-7-14)3-2-13(15)16/h2-5H,6-8H2,1H3,(H,15,16)/b3-2+. The fourth-order valence-electron chi connectivity index (χ4n) is 2.47.